The van der Waals surface area contributed by atoms with E-state index in [0.717, 1.165) is 30.0 Å². The number of anilines is 1. The van der Waals surface area contributed by atoms with E-state index in [-0.39, 0.29) is 5.91 Å². The number of carbonyl (C=O) groups excluding carboxylic acids is 2. The average molecular weight is 291 g/mol. The zero-order valence-electron chi connectivity index (χ0n) is 10.8. The minimum Gasteiger partial charge on any atom is -0.365 e. The lowest BCUT2D eigenvalue weighted by molar-refractivity contribution is 0.100. The minimum atomic E-state index is -0.538. The first-order chi connectivity index (χ1) is 9.56. The zero-order valence-corrected chi connectivity index (χ0v) is 11.6. The van der Waals surface area contributed by atoms with Gasteiger partial charge in [0.1, 0.15) is 5.82 Å². The number of hydrogen-bond donors (Lipinski definition) is 2. The van der Waals surface area contributed by atoms with E-state index >= 15 is 0 Å². The number of hydrogen-bond acceptors (Lipinski definition) is 5. The highest BCUT2D eigenvalue weighted by atomic mass is 32.1. The molecule has 0 saturated heterocycles. The van der Waals surface area contributed by atoms with Crippen LogP contribution in [0.5, 0.6) is 0 Å². The molecule has 7 nitrogen and oxygen atoms in total. The molecule has 1 aliphatic carbocycles. The highest BCUT2D eigenvalue weighted by molar-refractivity contribution is 7.16. The van der Waals surface area contributed by atoms with Crippen molar-refractivity contribution in [3.63, 3.8) is 0 Å². The van der Waals surface area contributed by atoms with E-state index in [1.807, 2.05) is 7.05 Å². The van der Waals surface area contributed by atoms with Gasteiger partial charge >= 0.3 is 0 Å². The average Bonchev–Trinajstić information content (AvgIpc) is 3.00. The van der Waals surface area contributed by atoms with Gasteiger partial charge in [0.2, 0.25) is 5.95 Å². The maximum Gasteiger partial charge on any atom is 0.268 e. The van der Waals surface area contributed by atoms with Crippen LogP contribution in [0, 0.1) is 0 Å². The number of carbonyl (C=O) groups is 2. The van der Waals surface area contributed by atoms with Crippen LogP contribution in [0.15, 0.2) is 12.1 Å². The molecule has 0 radical (unpaired) electrons. The van der Waals surface area contributed by atoms with E-state index in [1.165, 1.54) is 6.07 Å². The van der Waals surface area contributed by atoms with Gasteiger partial charge in [0.05, 0.1) is 9.75 Å². The topological polar surface area (TPSA) is 103 Å². The second kappa shape index (κ2) is 4.71. The predicted octanol–water partition coefficient (Wildman–Crippen LogP) is 1.11. The smallest absolute Gasteiger partial charge is 0.268 e. The summed E-state index contributed by atoms with van der Waals surface area (Å²) in [5.41, 5.74) is 5.16. The van der Waals surface area contributed by atoms with Crippen molar-refractivity contribution in [2.24, 2.45) is 12.8 Å². The van der Waals surface area contributed by atoms with Gasteiger partial charge in [-0.05, 0) is 25.0 Å². The van der Waals surface area contributed by atoms with Crippen molar-refractivity contribution in [2.75, 3.05) is 5.32 Å². The van der Waals surface area contributed by atoms with Gasteiger partial charge in [0.15, 0.2) is 0 Å². The lowest BCUT2D eigenvalue weighted by atomic mass is 10.4. The van der Waals surface area contributed by atoms with Gasteiger partial charge in [-0.25, -0.2) is 0 Å². The van der Waals surface area contributed by atoms with Crippen LogP contribution in [-0.4, -0.2) is 26.6 Å². The second-order valence-electron chi connectivity index (χ2n) is 4.70. The maximum atomic E-state index is 12.1. The largest absolute Gasteiger partial charge is 0.365 e. The Morgan fingerprint density at radius 3 is 2.65 bits per heavy atom. The van der Waals surface area contributed by atoms with E-state index in [0.29, 0.717) is 21.6 Å². The fraction of sp³-hybridized carbons (Fsp3) is 0.333. The molecular weight excluding hydrogens is 278 g/mol. The van der Waals surface area contributed by atoms with E-state index in [9.17, 15) is 9.59 Å². The van der Waals surface area contributed by atoms with Crippen molar-refractivity contribution in [2.45, 2.75) is 18.8 Å². The molecule has 0 atom stereocenters. The summed E-state index contributed by atoms with van der Waals surface area (Å²) < 4.78 is 1.79. The van der Waals surface area contributed by atoms with Gasteiger partial charge in [-0.1, -0.05) is 0 Å². The van der Waals surface area contributed by atoms with Crippen LogP contribution in [-0.2, 0) is 7.05 Å². The number of nitrogens with zero attached hydrogens (tertiary/aromatic N) is 3. The van der Waals surface area contributed by atoms with Gasteiger partial charge < -0.3 is 5.73 Å². The summed E-state index contributed by atoms with van der Waals surface area (Å²) >= 11 is 1.06. The van der Waals surface area contributed by atoms with E-state index in [2.05, 4.69) is 15.5 Å². The normalized spacial score (nSPS) is 14.2. The van der Waals surface area contributed by atoms with Crippen LogP contribution >= 0.6 is 11.3 Å². The molecule has 3 rings (SSSR count). The van der Waals surface area contributed by atoms with Gasteiger partial charge in [0, 0.05) is 13.0 Å². The fourth-order valence-electron chi connectivity index (χ4n) is 1.90. The van der Waals surface area contributed by atoms with Gasteiger partial charge in [0.25, 0.3) is 11.8 Å². The van der Waals surface area contributed by atoms with Gasteiger partial charge in [-0.2, -0.15) is 0 Å². The molecule has 0 bridgehead atoms. The molecule has 0 unspecified atom stereocenters. The number of primary amides is 1. The van der Waals surface area contributed by atoms with Crippen molar-refractivity contribution < 1.29 is 9.59 Å². The van der Waals surface area contributed by atoms with Crippen LogP contribution < -0.4 is 11.1 Å². The zero-order chi connectivity index (χ0) is 14.3. The summed E-state index contributed by atoms with van der Waals surface area (Å²) in [7, 11) is 1.83. The molecule has 0 spiro atoms. The molecule has 1 saturated carbocycles. The third-order valence-electron chi connectivity index (χ3n) is 3.15. The molecule has 2 amide bonds. The van der Waals surface area contributed by atoms with E-state index in [1.54, 1.807) is 10.6 Å². The lowest BCUT2D eigenvalue weighted by Gasteiger charge is -2.03. The van der Waals surface area contributed by atoms with E-state index < -0.39 is 5.91 Å². The third kappa shape index (κ3) is 2.29. The van der Waals surface area contributed by atoms with Gasteiger partial charge in [-0.15, -0.1) is 21.5 Å². The van der Waals surface area contributed by atoms with E-state index in [4.69, 9.17) is 5.73 Å². The molecule has 104 valence electrons. The molecular formula is C12H13N5O2S. The highest BCUT2D eigenvalue weighted by Gasteiger charge is 2.29. The molecule has 2 aromatic heterocycles. The molecule has 0 aromatic carbocycles. The first kappa shape index (κ1) is 12.8. The number of rotatable bonds is 4. The molecule has 2 aromatic rings. The van der Waals surface area contributed by atoms with Crippen molar-refractivity contribution >= 4 is 29.1 Å². The molecule has 2 heterocycles. The Kier molecular flexibility index (Phi) is 3.01. The molecule has 3 N–H and O–H groups in total. The summed E-state index contributed by atoms with van der Waals surface area (Å²) in [6.07, 6.45) is 2.24. The number of nitrogens with two attached hydrogens (primary N) is 1. The number of thiophene rings is 1. The standard InChI is InChI=1S/C12H13N5O2S/c1-17-10(6-2-3-6)15-16-12(17)14-11(19)8-5-4-7(20-8)9(13)18/h4-6H,2-3H2,1H3,(H2,13,18)(H,14,16,19). The maximum absolute atomic E-state index is 12.1. The van der Waals surface area contributed by atoms with Crippen LogP contribution in [0.25, 0.3) is 0 Å². The van der Waals surface area contributed by atoms with Crippen LogP contribution in [0.2, 0.25) is 0 Å². The SMILES string of the molecule is Cn1c(NC(=O)c2ccc(C(N)=O)s2)nnc1C1CC1. The molecule has 1 fully saturated rings. The summed E-state index contributed by atoms with van der Waals surface area (Å²) in [6, 6.07) is 3.10. The number of aromatic nitrogens is 3. The second-order valence-corrected chi connectivity index (χ2v) is 5.78. The first-order valence-electron chi connectivity index (χ1n) is 6.16. The Balaban J connectivity index is 1.76. The lowest BCUT2D eigenvalue weighted by Crippen LogP contribution is -2.14. The Morgan fingerprint density at radius 2 is 2.05 bits per heavy atom. The Labute approximate surface area is 118 Å². The van der Waals surface area contributed by atoms with Crippen LogP contribution in [0.4, 0.5) is 5.95 Å². The molecule has 20 heavy (non-hydrogen) atoms. The van der Waals surface area contributed by atoms with Crippen LogP contribution in [0.3, 0.4) is 0 Å². The first-order valence-corrected chi connectivity index (χ1v) is 6.98. The van der Waals surface area contributed by atoms with Crippen molar-refractivity contribution in [1.29, 1.82) is 0 Å². The quantitative estimate of drug-likeness (QED) is 0.880. The summed E-state index contributed by atoms with van der Waals surface area (Å²) in [5, 5.41) is 10.8. The molecule has 1 aliphatic rings. The number of nitrogens with one attached hydrogen (secondary N) is 1. The molecule has 0 aliphatic heterocycles. The van der Waals surface area contributed by atoms with Crippen molar-refractivity contribution in [1.82, 2.24) is 14.8 Å². The monoisotopic (exact) mass is 291 g/mol. The minimum absolute atomic E-state index is 0.319. The summed E-state index contributed by atoms with van der Waals surface area (Å²) in [5.74, 6) is 0.903. The third-order valence-corrected chi connectivity index (χ3v) is 4.25. The van der Waals surface area contributed by atoms with Gasteiger partial charge in [-0.3, -0.25) is 19.5 Å². The summed E-state index contributed by atoms with van der Waals surface area (Å²) in [6.45, 7) is 0. The Hall–Kier alpha value is -2.22. The fourth-order valence-corrected chi connectivity index (χ4v) is 2.66. The van der Waals surface area contributed by atoms with Crippen molar-refractivity contribution in [3.8, 4) is 0 Å². The molecule has 8 heteroatoms. The highest BCUT2D eigenvalue weighted by Crippen LogP contribution is 2.39. The Morgan fingerprint density at radius 1 is 1.35 bits per heavy atom. The summed E-state index contributed by atoms with van der Waals surface area (Å²) in [4.78, 5) is 23.8. The van der Waals surface area contributed by atoms with Crippen molar-refractivity contribution in [3.05, 3.63) is 27.7 Å². The van der Waals surface area contributed by atoms with Crippen LogP contribution in [0.1, 0.15) is 43.9 Å². The Bertz CT molecular complexity index is 686. The number of amides is 2. The predicted molar refractivity (Wildman–Crippen MR) is 73.8 cm³/mol.